The first-order valence-electron chi connectivity index (χ1n) is 8.22. The molecule has 1 aromatic carbocycles. The van der Waals surface area contributed by atoms with Crippen LogP contribution in [0.15, 0.2) is 24.3 Å². The van der Waals surface area contributed by atoms with E-state index < -0.39 is 0 Å². The predicted molar refractivity (Wildman–Crippen MR) is 82.7 cm³/mol. The number of aliphatic hydroxyl groups excluding tert-OH is 1. The van der Waals surface area contributed by atoms with E-state index in [9.17, 15) is 5.11 Å². The van der Waals surface area contributed by atoms with Gasteiger partial charge in [-0.2, -0.15) is 0 Å². The molecule has 0 aliphatic heterocycles. The summed E-state index contributed by atoms with van der Waals surface area (Å²) < 4.78 is 0. The Morgan fingerprint density at radius 1 is 1.15 bits per heavy atom. The van der Waals surface area contributed by atoms with Crippen LogP contribution < -0.4 is 5.32 Å². The minimum atomic E-state index is 0.145. The third-order valence-corrected chi connectivity index (χ3v) is 5.08. The molecule has 2 N–H and O–H groups in total. The van der Waals surface area contributed by atoms with Crippen molar-refractivity contribution in [2.24, 2.45) is 5.41 Å². The highest BCUT2D eigenvalue weighted by Gasteiger charge is 2.30. The van der Waals surface area contributed by atoms with Crippen LogP contribution in [0.3, 0.4) is 0 Å². The summed E-state index contributed by atoms with van der Waals surface area (Å²) in [6, 6.07) is 9.02. The van der Waals surface area contributed by atoms with Crippen molar-refractivity contribution in [3.8, 4) is 0 Å². The van der Waals surface area contributed by atoms with Gasteiger partial charge in [0.2, 0.25) is 0 Å². The average Bonchev–Trinajstić information content (AvgIpc) is 3.33. The Hall–Kier alpha value is -0.860. The molecule has 2 aliphatic carbocycles. The molecule has 2 fully saturated rings. The van der Waals surface area contributed by atoms with Gasteiger partial charge in [-0.3, -0.25) is 0 Å². The number of nitrogens with one attached hydrogen (secondary N) is 1. The highest BCUT2D eigenvalue weighted by molar-refractivity contribution is 5.29. The molecule has 110 valence electrons. The molecule has 2 aliphatic rings. The molecule has 0 unspecified atom stereocenters. The van der Waals surface area contributed by atoms with E-state index in [1.54, 1.807) is 0 Å². The third-order valence-electron chi connectivity index (χ3n) is 5.08. The second-order valence-electron chi connectivity index (χ2n) is 6.84. The summed E-state index contributed by atoms with van der Waals surface area (Å²) in [5.41, 5.74) is 3.05. The van der Waals surface area contributed by atoms with Crippen molar-refractivity contribution in [1.82, 2.24) is 5.32 Å². The van der Waals surface area contributed by atoms with Crippen molar-refractivity contribution in [3.63, 3.8) is 0 Å². The monoisotopic (exact) mass is 273 g/mol. The number of aliphatic hydroxyl groups is 1. The van der Waals surface area contributed by atoms with Crippen LogP contribution in [0.5, 0.6) is 0 Å². The zero-order valence-electron chi connectivity index (χ0n) is 12.4. The van der Waals surface area contributed by atoms with Gasteiger partial charge in [0.05, 0.1) is 0 Å². The molecule has 2 saturated carbocycles. The topological polar surface area (TPSA) is 32.3 Å². The normalized spacial score (nSPS) is 21.9. The third kappa shape index (κ3) is 3.42. The fourth-order valence-corrected chi connectivity index (χ4v) is 3.54. The molecule has 2 heteroatoms. The Labute approximate surface area is 122 Å². The van der Waals surface area contributed by atoms with Crippen LogP contribution in [-0.4, -0.2) is 18.3 Å². The summed E-state index contributed by atoms with van der Waals surface area (Å²) in [6.45, 7) is 2.22. The lowest BCUT2D eigenvalue weighted by molar-refractivity contribution is 0.0810. The van der Waals surface area contributed by atoms with E-state index in [4.69, 9.17) is 0 Å². The average molecular weight is 273 g/mol. The van der Waals surface area contributed by atoms with Gasteiger partial charge in [0.15, 0.2) is 0 Å². The SMILES string of the molecule is OCC1(CNCc2cccc(C3CC3)c2)CCCCC1. The summed E-state index contributed by atoms with van der Waals surface area (Å²) in [7, 11) is 0. The second kappa shape index (κ2) is 6.28. The van der Waals surface area contributed by atoms with Gasteiger partial charge in [-0.15, -0.1) is 0 Å². The molecule has 0 spiro atoms. The van der Waals surface area contributed by atoms with Gasteiger partial charge in [-0.05, 0) is 42.7 Å². The fraction of sp³-hybridized carbons (Fsp3) is 0.667. The summed E-state index contributed by atoms with van der Waals surface area (Å²) in [6.07, 6.45) is 8.98. The van der Waals surface area contributed by atoms with Crippen molar-refractivity contribution in [2.75, 3.05) is 13.2 Å². The van der Waals surface area contributed by atoms with Crippen LogP contribution in [0, 0.1) is 5.41 Å². The van der Waals surface area contributed by atoms with Gasteiger partial charge in [-0.25, -0.2) is 0 Å². The predicted octanol–water partition coefficient (Wildman–Crippen LogP) is 3.60. The second-order valence-corrected chi connectivity index (χ2v) is 6.84. The fourth-order valence-electron chi connectivity index (χ4n) is 3.54. The Bertz CT molecular complexity index is 433. The smallest absolute Gasteiger partial charge is 0.0499 e. The highest BCUT2D eigenvalue weighted by atomic mass is 16.3. The lowest BCUT2D eigenvalue weighted by Gasteiger charge is -2.35. The van der Waals surface area contributed by atoms with Crippen molar-refractivity contribution < 1.29 is 5.11 Å². The zero-order valence-corrected chi connectivity index (χ0v) is 12.4. The number of rotatable bonds is 6. The lowest BCUT2D eigenvalue weighted by atomic mass is 9.74. The Morgan fingerprint density at radius 2 is 1.95 bits per heavy atom. The van der Waals surface area contributed by atoms with E-state index in [2.05, 4.69) is 29.6 Å². The summed E-state index contributed by atoms with van der Waals surface area (Å²) in [4.78, 5) is 0. The molecule has 0 saturated heterocycles. The van der Waals surface area contributed by atoms with Gasteiger partial charge in [0.25, 0.3) is 0 Å². The molecule has 20 heavy (non-hydrogen) atoms. The van der Waals surface area contributed by atoms with E-state index >= 15 is 0 Å². The summed E-state index contributed by atoms with van der Waals surface area (Å²) in [5.74, 6) is 0.831. The van der Waals surface area contributed by atoms with Crippen LogP contribution in [0.2, 0.25) is 0 Å². The largest absolute Gasteiger partial charge is 0.396 e. The quantitative estimate of drug-likeness (QED) is 0.830. The summed E-state index contributed by atoms with van der Waals surface area (Å²) in [5, 5.41) is 13.3. The Morgan fingerprint density at radius 3 is 2.65 bits per heavy atom. The first-order valence-corrected chi connectivity index (χ1v) is 8.22. The van der Waals surface area contributed by atoms with Crippen LogP contribution in [0.4, 0.5) is 0 Å². The van der Waals surface area contributed by atoms with E-state index in [0.717, 1.165) is 19.0 Å². The lowest BCUT2D eigenvalue weighted by Crippen LogP contribution is -2.38. The summed E-state index contributed by atoms with van der Waals surface area (Å²) >= 11 is 0. The van der Waals surface area contributed by atoms with Crippen LogP contribution in [0.25, 0.3) is 0 Å². The molecule has 0 atom stereocenters. The molecule has 0 bridgehead atoms. The highest BCUT2D eigenvalue weighted by Crippen LogP contribution is 2.40. The Balaban J connectivity index is 1.52. The van der Waals surface area contributed by atoms with E-state index in [0.29, 0.717) is 6.61 Å². The van der Waals surface area contributed by atoms with Crippen molar-refractivity contribution in [3.05, 3.63) is 35.4 Å². The minimum Gasteiger partial charge on any atom is -0.396 e. The van der Waals surface area contributed by atoms with Crippen molar-refractivity contribution in [1.29, 1.82) is 0 Å². The molecule has 0 radical (unpaired) electrons. The molecule has 1 aromatic rings. The first-order chi connectivity index (χ1) is 9.81. The van der Waals surface area contributed by atoms with Gasteiger partial charge in [0.1, 0.15) is 0 Å². The maximum absolute atomic E-state index is 9.72. The molecule has 0 heterocycles. The van der Waals surface area contributed by atoms with E-state index in [1.807, 2.05) is 0 Å². The number of hydrogen-bond donors (Lipinski definition) is 2. The van der Waals surface area contributed by atoms with Gasteiger partial charge >= 0.3 is 0 Å². The molecular weight excluding hydrogens is 246 g/mol. The standard InChI is InChI=1S/C18H27NO/c20-14-18(9-2-1-3-10-18)13-19-12-15-5-4-6-17(11-15)16-7-8-16/h4-6,11,16,19-20H,1-3,7-10,12-14H2. The van der Waals surface area contributed by atoms with Gasteiger partial charge in [-0.1, -0.05) is 43.5 Å². The molecule has 0 aromatic heterocycles. The maximum Gasteiger partial charge on any atom is 0.0499 e. The van der Waals surface area contributed by atoms with Gasteiger partial charge in [0, 0.05) is 25.1 Å². The van der Waals surface area contributed by atoms with E-state index in [-0.39, 0.29) is 5.41 Å². The molecular formula is C18H27NO. The van der Waals surface area contributed by atoms with Crippen molar-refractivity contribution in [2.45, 2.75) is 57.4 Å². The van der Waals surface area contributed by atoms with Crippen molar-refractivity contribution >= 4 is 0 Å². The van der Waals surface area contributed by atoms with Crippen LogP contribution in [0.1, 0.15) is 62.0 Å². The maximum atomic E-state index is 9.72. The number of hydrogen-bond acceptors (Lipinski definition) is 2. The molecule has 3 rings (SSSR count). The van der Waals surface area contributed by atoms with Crippen LogP contribution >= 0.6 is 0 Å². The zero-order chi connectivity index (χ0) is 13.8. The first kappa shape index (κ1) is 14.1. The van der Waals surface area contributed by atoms with E-state index in [1.165, 1.54) is 56.1 Å². The van der Waals surface area contributed by atoms with Crippen LogP contribution in [-0.2, 0) is 6.54 Å². The molecule has 2 nitrogen and oxygen atoms in total. The number of benzene rings is 1. The van der Waals surface area contributed by atoms with Gasteiger partial charge < -0.3 is 10.4 Å². The Kier molecular flexibility index (Phi) is 4.42. The molecule has 0 amide bonds. The minimum absolute atomic E-state index is 0.145.